The number of hydrogen-bond acceptors (Lipinski definition) is 5. The van der Waals surface area contributed by atoms with Crippen LogP contribution < -0.4 is 11.1 Å². The van der Waals surface area contributed by atoms with Gasteiger partial charge in [0.05, 0.1) is 4.92 Å². The molecule has 1 aromatic rings. The Labute approximate surface area is 86.9 Å². The van der Waals surface area contributed by atoms with Gasteiger partial charge >= 0.3 is 5.72 Å². The van der Waals surface area contributed by atoms with E-state index >= 15 is 0 Å². The summed E-state index contributed by atoms with van der Waals surface area (Å²) in [4.78, 5) is 9.65. The number of nitrogens with zero attached hydrogens (tertiary/aromatic N) is 1. The summed E-state index contributed by atoms with van der Waals surface area (Å²) < 4.78 is 0. The molecule has 6 heteroatoms. The highest BCUT2D eigenvalue weighted by atomic mass is 16.7. The lowest BCUT2D eigenvalue weighted by atomic mass is 10.2. The van der Waals surface area contributed by atoms with Gasteiger partial charge in [-0.25, -0.2) is 0 Å². The molecule has 1 aromatic carbocycles. The van der Waals surface area contributed by atoms with E-state index in [0.29, 0.717) is 11.4 Å². The van der Waals surface area contributed by atoms with Crippen LogP contribution in [-0.4, -0.2) is 22.3 Å². The lowest BCUT2D eigenvalue weighted by Crippen LogP contribution is -2.41. The zero-order chi connectivity index (χ0) is 11.5. The van der Waals surface area contributed by atoms with Crippen molar-refractivity contribution in [1.29, 1.82) is 0 Å². The van der Waals surface area contributed by atoms with Crippen molar-refractivity contribution in [1.82, 2.24) is 0 Å². The first-order valence-corrected chi connectivity index (χ1v) is 4.38. The number of aliphatic hydroxyl groups is 1. The molecule has 0 aromatic heterocycles. The maximum atomic E-state index is 10.4. The third-order valence-electron chi connectivity index (χ3n) is 1.93. The number of anilines is 2. The van der Waals surface area contributed by atoms with Crippen LogP contribution >= 0.6 is 0 Å². The van der Waals surface area contributed by atoms with Gasteiger partial charge < -0.3 is 16.2 Å². The van der Waals surface area contributed by atoms with E-state index in [1.54, 1.807) is 24.3 Å². The van der Waals surface area contributed by atoms with Crippen LogP contribution in [0.15, 0.2) is 24.3 Å². The molecule has 0 spiro atoms. The van der Waals surface area contributed by atoms with E-state index in [4.69, 9.17) is 5.73 Å². The Balaban J connectivity index is 2.57. The number of nitrogens with two attached hydrogens (primary N) is 1. The van der Waals surface area contributed by atoms with Crippen molar-refractivity contribution in [2.24, 2.45) is 0 Å². The van der Waals surface area contributed by atoms with Gasteiger partial charge in [0.25, 0.3) is 0 Å². The van der Waals surface area contributed by atoms with Crippen LogP contribution in [-0.2, 0) is 0 Å². The first-order valence-electron chi connectivity index (χ1n) is 4.38. The van der Waals surface area contributed by atoms with Crippen LogP contribution in [0.25, 0.3) is 0 Å². The quantitative estimate of drug-likeness (QED) is 0.294. The van der Waals surface area contributed by atoms with Gasteiger partial charge in [0.15, 0.2) is 0 Å². The molecule has 0 amide bonds. The highest BCUT2D eigenvalue weighted by molar-refractivity contribution is 5.51. The van der Waals surface area contributed by atoms with Crippen molar-refractivity contribution in [3.63, 3.8) is 0 Å². The first kappa shape index (κ1) is 11.3. The number of nitrogens with one attached hydrogen (secondary N) is 1. The maximum Gasteiger partial charge on any atom is 0.336 e. The molecule has 0 heterocycles. The molecule has 4 N–H and O–H groups in total. The lowest BCUT2D eigenvalue weighted by Gasteiger charge is -2.15. The predicted molar refractivity (Wildman–Crippen MR) is 57.0 cm³/mol. The van der Waals surface area contributed by atoms with Crippen LogP contribution in [0.1, 0.15) is 6.92 Å². The normalized spacial score (nSPS) is 14.3. The average molecular weight is 211 g/mol. The van der Waals surface area contributed by atoms with Crippen molar-refractivity contribution in [2.45, 2.75) is 12.6 Å². The van der Waals surface area contributed by atoms with Gasteiger partial charge in [-0.2, -0.15) is 0 Å². The number of nitro groups is 1. The van der Waals surface area contributed by atoms with E-state index in [0.717, 1.165) is 6.92 Å². The van der Waals surface area contributed by atoms with Crippen LogP contribution in [0, 0.1) is 10.1 Å². The molecule has 82 valence electrons. The molecule has 1 atom stereocenters. The number of rotatable bonds is 4. The summed E-state index contributed by atoms with van der Waals surface area (Å²) in [6, 6.07) is 6.71. The molecule has 0 radical (unpaired) electrons. The maximum absolute atomic E-state index is 10.4. The van der Waals surface area contributed by atoms with E-state index in [1.807, 2.05) is 0 Å². The van der Waals surface area contributed by atoms with Gasteiger partial charge in [-0.15, -0.1) is 0 Å². The summed E-state index contributed by atoms with van der Waals surface area (Å²) in [5.74, 6) is 0. The highest BCUT2D eigenvalue weighted by Crippen LogP contribution is 2.12. The minimum atomic E-state index is -1.97. The Hall–Kier alpha value is -1.82. The van der Waals surface area contributed by atoms with Gasteiger partial charge in [-0.1, -0.05) is 0 Å². The molecular weight excluding hydrogens is 198 g/mol. The van der Waals surface area contributed by atoms with Crippen molar-refractivity contribution in [2.75, 3.05) is 17.6 Å². The fourth-order valence-corrected chi connectivity index (χ4v) is 0.935. The van der Waals surface area contributed by atoms with Crippen LogP contribution in [0.4, 0.5) is 11.4 Å². The number of hydrogen-bond donors (Lipinski definition) is 3. The average Bonchev–Trinajstić information content (AvgIpc) is 2.17. The Morgan fingerprint density at radius 3 is 2.53 bits per heavy atom. The molecule has 15 heavy (non-hydrogen) atoms. The van der Waals surface area contributed by atoms with E-state index < -0.39 is 10.6 Å². The second kappa shape index (κ2) is 4.14. The Morgan fingerprint density at radius 2 is 2.07 bits per heavy atom. The summed E-state index contributed by atoms with van der Waals surface area (Å²) in [5, 5.41) is 22.5. The van der Waals surface area contributed by atoms with Crippen molar-refractivity contribution in [3.05, 3.63) is 34.4 Å². The summed E-state index contributed by atoms with van der Waals surface area (Å²) in [5.41, 5.74) is 4.79. The Morgan fingerprint density at radius 1 is 1.53 bits per heavy atom. The molecule has 0 bridgehead atoms. The van der Waals surface area contributed by atoms with Gasteiger partial charge in [-0.05, 0) is 24.3 Å². The van der Waals surface area contributed by atoms with Gasteiger partial charge in [0.1, 0.15) is 6.54 Å². The summed E-state index contributed by atoms with van der Waals surface area (Å²) >= 11 is 0. The molecule has 0 fully saturated rings. The minimum Gasteiger partial charge on any atom is -0.399 e. The monoisotopic (exact) mass is 211 g/mol. The molecule has 0 aliphatic carbocycles. The van der Waals surface area contributed by atoms with Crippen molar-refractivity contribution in [3.8, 4) is 0 Å². The van der Waals surface area contributed by atoms with Crippen LogP contribution in [0.2, 0.25) is 0 Å². The summed E-state index contributed by atoms with van der Waals surface area (Å²) in [7, 11) is 0. The SMILES string of the molecule is CC(O)(CNc1ccc(N)cc1)[N+](=O)[O-]. The summed E-state index contributed by atoms with van der Waals surface area (Å²) in [6.07, 6.45) is 0. The second-order valence-corrected chi connectivity index (χ2v) is 3.45. The third kappa shape index (κ3) is 3.10. The molecule has 6 nitrogen and oxygen atoms in total. The zero-order valence-corrected chi connectivity index (χ0v) is 8.30. The molecule has 0 aliphatic rings. The largest absolute Gasteiger partial charge is 0.399 e. The molecule has 1 unspecified atom stereocenters. The Kier molecular flexibility index (Phi) is 3.11. The highest BCUT2D eigenvalue weighted by Gasteiger charge is 2.33. The molecular formula is C9H13N3O3. The minimum absolute atomic E-state index is 0.163. The van der Waals surface area contributed by atoms with Crippen molar-refractivity contribution >= 4 is 11.4 Å². The fraction of sp³-hybridized carbons (Fsp3) is 0.333. The molecule has 0 saturated carbocycles. The number of benzene rings is 1. The molecule has 0 saturated heterocycles. The fourth-order valence-electron chi connectivity index (χ4n) is 0.935. The van der Waals surface area contributed by atoms with E-state index in [-0.39, 0.29) is 6.54 Å². The third-order valence-corrected chi connectivity index (χ3v) is 1.93. The van der Waals surface area contributed by atoms with E-state index in [2.05, 4.69) is 5.32 Å². The molecule has 0 aliphatic heterocycles. The zero-order valence-electron chi connectivity index (χ0n) is 8.30. The lowest BCUT2D eigenvalue weighted by molar-refractivity contribution is -0.614. The first-order chi connectivity index (χ1) is 6.92. The van der Waals surface area contributed by atoms with Gasteiger partial charge in [0, 0.05) is 18.3 Å². The predicted octanol–water partition coefficient (Wildman–Crippen LogP) is 0.666. The van der Waals surface area contributed by atoms with Gasteiger partial charge in [0.2, 0.25) is 0 Å². The van der Waals surface area contributed by atoms with E-state index in [1.165, 1.54) is 0 Å². The van der Waals surface area contributed by atoms with Gasteiger partial charge in [-0.3, -0.25) is 10.1 Å². The summed E-state index contributed by atoms with van der Waals surface area (Å²) in [6.45, 7) is 0.973. The Bertz CT molecular complexity index is 348. The topological polar surface area (TPSA) is 101 Å². The van der Waals surface area contributed by atoms with Crippen LogP contribution in [0.5, 0.6) is 0 Å². The van der Waals surface area contributed by atoms with E-state index in [9.17, 15) is 15.2 Å². The number of nitrogen functional groups attached to an aromatic ring is 1. The molecule has 1 rings (SSSR count). The standard InChI is InChI=1S/C9H13N3O3/c1-9(13,12(14)15)6-11-8-4-2-7(10)3-5-8/h2-5,11,13H,6,10H2,1H3. The second-order valence-electron chi connectivity index (χ2n) is 3.45. The van der Waals surface area contributed by atoms with Crippen molar-refractivity contribution < 1.29 is 10.0 Å². The smallest absolute Gasteiger partial charge is 0.336 e. The van der Waals surface area contributed by atoms with Crippen LogP contribution in [0.3, 0.4) is 0 Å².